The summed E-state index contributed by atoms with van der Waals surface area (Å²) in [4.78, 5) is 9.19. The van der Waals surface area contributed by atoms with Gasteiger partial charge in [-0.1, -0.05) is 23.7 Å². The van der Waals surface area contributed by atoms with Crippen molar-refractivity contribution in [3.8, 4) is 0 Å². The second-order valence-electron chi connectivity index (χ2n) is 6.08. The maximum atomic E-state index is 6.06. The van der Waals surface area contributed by atoms with Crippen molar-refractivity contribution in [1.29, 1.82) is 0 Å². The highest BCUT2D eigenvalue weighted by Crippen LogP contribution is 2.28. The van der Waals surface area contributed by atoms with E-state index < -0.39 is 0 Å². The van der Waals surface area contributed by atoms with E-state index in [0.717, 1.165) is 48.4 Å². The Hall–Kier alpha value is -1.18. The quantitative estimate of drug-likeness (QED) is 0.832. The van der Waals surface area contributed by atoms with Crippen LogP contribution >= 0.6 is 22.9 Å². The SMILES string of the molecule is Clc1ccc([C@@H]2OC[C@H](CN3CCN(c4nccs4)CC3)O2)cc1. The fourth-order valence-electron chi connectivity index (χ4n) is 3.12. The summed E-state index contributed by atoms with van der Waals surface area (Å²) in [7, 11) is 0. The number of thiazole rings is 1. The van der Waals surface area contributed by atoms with Crippen LogP contribution in [0.1, 0.15) is 11.9 Å². The van der Waals surface area contributed by atoms with Gasteiger partial charge in [-0.25, -0.2) is 4.98 Å². The van der Waals surface area contributed by atoms with E-state index in [1.807, 2.05) is 35.8 Å². The van der Waals surface area contributed by atoms with Crippen molar-refractivity contribution in [3.05, 3.63) is 46.4 Å². The van der Waals surface area contributed by atoms with E-state index >= 15 is 0 Å². The molecule has 0 unspecified atom stereocenters. The zero-order valence-corrected chi connectivity index (χ0v) is 14.9. The molecule has 4 rings (SSSR count). The molecule has 0 radical (unpaired) electrons. The highest BCUT2D eigenvalue weighted by Gasteiger charge is 2.30. The molecule has 0 spiro atoms. The number of piperazine rings is 1. The molecule has 2 fully saturated rings. The summed E-state index contributed by atoms with van der Waals surface area (Å²) < 4.78 is 11.9. The minimum absolute atomic E-state index is 0.122. The standard InChI is InChI=1S/C17H20ClN3O2S/c18-14-3-1-13(2-4-14)16-22-12-15(23-16)11-20-6-8-21(9-7-20)17-19-5-10-24-17/h1-5,10,15-16H,6-9,11-12H2/t15-,16+/m0/s1. The van der Waals surface area contributed by atoms with Crippen LogP contribution in [0.4, 0.5) is 5.13 Å². The van der Waals surface area contributed by atoms with E-state index in [4.69, 9.17) is 21.1 Å². The number of aromatic nitrogens is 1. The number of hydrogen-bond acceptors (Lipinski definition) is 6. The Morgan fingerprint density at radius 1 is 1.17 bits per heavy atom. The number of anilines is 1. The maximum Gasteiger partial charge on any atom is 0.185 e. The molecular weight excluding hydrogens is 346 g/mol. The second-order valence-corrected chi connectivity index (χ2v) is 7.39. The van der Waals surface area contributed by atoms with Crippen molar-refractivity contribution >= 4 is 28.1 Å². The highest BCUT2D eigenvalue weighted by atomic mass is 35.5. The lowest BCUT2D eigenvalue weighted by Crippen LogP contribution is -2.48. The van der Waals surface area contributed by atoms with Gasteiger partial charge < -0.3 is 14.4 Å². The van der Waals surface area contributed by atoms with Gasteiger partial charge in [-0.2, -0.15) is 0 Å². The molecule has 2 atom stereocenters. The normalized spacial score (nSPS) is 25.3. The number of benzene rings is 1. The van der Waals surface area contributed by atoms with Crippen LogP contribution in [0.5, 0.6) is 0 Å². The Morgan fingerprint density at radius 2 is 1.96 bits per heavy atom. The lowest BCUT2D eigenvalue weighted by atomic mass is 10.2. The van der Waals surface area contributed by atoms with Gasteiger partial charge in [0.25, 0.3) is 0 Å². The molecule has 24 heavy (non-hydrogen) atoms. The minimum Gasteiger partial charge on any atom is -0.346 e. The second kappa shape index (κ2) is 7.37. The number of halogens is 1. The van der Waals surface area contributed by atoms with Gasteiger partial charge in [0.05, 0.1) is 12.7 Å². The highest BCUT2D eigenvalue weighted by molar-refractivity contribution is 7.13. The Bertz CT molecular complexity index is 644. The van der Waals surface area contributed by atoms with Crippen LogP contribution in [0, 0.1) is 0 Å². The largest absolute Gasteiger partial charge is 0.346 e. The van der Waals surface area contributed by atoms with E-state index in [1.54, 1.807) is 11.3 Å². The van der Waals surface area contributed by atoms with E-state index in [2.05, 4.69) is 14.8 Å². The van der Waals surface area contributed by atoms with Gasteiger partial charge in [0.15, 0.2) is 11.4 Å². The van der Waals surface area contributed by atoms with Crippen molar-refractivity contribution < 1.29 is 9.47 Å². The van der Waals surface area contributed by atoms with Crippen molar-refractivity contribution in [1.82, 2.24) is 9.88 Å². The van der Waals surface area contributed by atoms with Crippen LogP contribution in [0.25, 0.3) is 0 Å². The predicted octanol–water partition coefficient (Wildman–Crippen LogP) is 3.03. The topological polar surface area (TPSA) is 37.8 Å². The summed E-state index contributed by atoms with van der Waals surface area (Å²) in [6, 6.07) is 7.66. The van der Waals surface area contributed by atoms with Crippen molar-refractivity contribution in [2.75, 3.05) is 44.2 Å². The molecule has 7 heteroatoms. The fraction of sp³-hybridized carbons (Fsp3) is 0.471. The monoisotopic (exact) mass is 365 g/mol. The number of rotatable bonds is 4. The molecule has 0 bridgehead atoms. The lowest BCUT2D eigenvalue weighted by molar-refractivity contribution is -0.0644. The third-order valence-electron chi connectivity index (χ3n) is 4.42. The summed E-state index contributed by atoms with van der Waals surface area (Å²) in [6.07, 6.45) is 1.72. The average Bonchev–Trinajstić information content (AvgIpc) is 3.28. The van der Waals surface area contributed by atoms with Crippen LogP contribution in [-0.2, 0) is 9.47 Å². The maximum absolute atomic E-state index is 6.06. The van der Waals surface area contributed by atoms with Gasteiger partial charge in [0.1, 0.15) is 0 Å². The molecule has 2 aromatic rings. The fourth-order valence-corrected chi connectivity index (χ4v) is 3.94. The lowest BCUT2D eigenvalue weighted by Gasteiger charge is -2.35. The van der Waals surface area contributed by atoms with Crippen molar-refractivity contribution in [2.45, 2.75) is 12.4 Å². The first-order chi connectivity index (χ1) is 11.8. The van der Waals surface area contributed by atoms with Crippen LogP contribution in [-0.4, -0.2) is 55.3 Å². The molecule has 2 saturated heterocycles. The molecule has 3 heterocycles. The summed E-state index contributed by atoms with van der Waals surface area (Å²) in [6.45, 7) is 5.65. The summed E-state index contributed by atoms with van der Waals surface area (Å²) in [5, 5.41) is 3.88. The van der Waals surface area contributed by atoms with Crippen LogP contribution < -0.4 is 4.90 Å². The molecule has 2 aliphatic rings. The molecule has 5 nitrogen and oxygen atoms in total. The Morgan fingerprint density at radius 3 is 2.67 bits per heavy atom. The number of ether oxygens (including phenoxy) is 2. The molecule has 2 aliphatic heterocycles. The van der Waals surface area contributed by atoms with E-state index in [1.165, 1.54) is 0 Å². The van der Waals surface area contributed by atoms with Gasteiger partial charge >= 0.3 is 0 Å². The first kappa shape index (κ1) is 16.3. The van der Waals surface area contributed by atoms with Crippen LogP contribution in [0.2, 0.25) is 5.02 Å². The molecule has 0 N–H and O–H groups in total. The van der Waals surface area contributed by atoms with Gasteiger partial charge in [0.2, 0.25) is 0 Å². The first-order valence-corrected chi connectivity index (χ1v) is 9.43. The van der Waals surface area contributed by atoms with Gasteiger partial charge in [-0.15, -0.1) is 11.3 Å². The van der Waals surface area contributed by atoms with E-state index in [-0.39, 0.29) is 12.4 Å². The zero-order valence-electron chi connectivity index (χ0n) is 13.3. The third-order valence-corrected chi connectivity index (χ3v) is 5.50. The smallest absolute Gasteiger partial charge is 0.185 e. The van der Waals surface area contributed by atoms with Crippen LogP contribution in [0.3, 0.4) is 0 Å². The Labute approximate surface area is 150 Å². The Kier molecular flexibility index (Phi) is 5.01. The molecule has 0 saturated carbocycles. The van der Waals surface area contributed by atoms with E-state index in [0.29, 0.717) is 6.61 Å². The van der Waals surface area contributed by atoms with Gasteiger partial charge in [-0.05, 0) is 12.1 Å². The Balaban J connectivity index is 1.26. The minimum atomic E-state index is -0.274. The number of nitrogens with zero attached hydrogens (tertiary/aromatic N) is 3. The summed E-state index contributed by atoms with van der Waals surface area (Å²) in [5.74, 6) is 0. The van der Waals surface area contributed by atoms with Crippen LogP contribution in [0.15, 0.2) is 35.8 Å². The van der Waals surface area contributed by atoms with Crippen molar-refractivity contribution in [2.24, 2.45) is 0 Å². The van der Waals surface area contributed by atoms with Gasteiger partial charge in [-0.3, -0.25) is 4.90 Å². The number of hydrogen-bond donors (Lipinski definition) is 0. The summed E-state index contributed by atoms with van der Waals surface area (Å²) in [5.41, 5.74) is 1.02. The predicted molar refractivity (Wildman–Crippen MR) is 95.8 cm³/mol. The van der Waals surface area contributed by atoms with E-state index in [9.17, 15) is 0 Å². The average molecular weight is 366 g/mol. The summed E-state index contributed by atoms with van der Waals surface area (Å²) >= 11 is 7.63. The molecule has 1 aromatic heterocycles. The van der Waals surface area contributed by atoms with Gasteiger partial charge in [0, 0.05) is 54.9 Å². The molecule has 0 aliphatic carbocycles. The first-order valence-electron chi connectivity index (χ1n) is 8.17. The van der Waals surface area contributed by atoms with Crippen molar-refractivity contribution in [3.63, 3.8) is 0 Å². The molecule has 0 amide bonds. The molecule has 1 aromatic carbocycles. The molecular formula is C17H20ClN3O2S. The third kappa shape index (κ3) is 3.73. The zero-order chi connectivity index (χ0) is 16.4. The molecule has 128 valence electrons.